The molecule has 9 heteroatoms. The molecule has 122 valence electrons. The molecule has 8 nitrogen and oxygen atoms in total. The van der Waals surface area contributed by atoms with Crippen LogP contribution in [-0.4, -0.2) is 28.7 Å². The molecule has 0 aliphatic carbocycles. The van der Waals surface area contributed by atoms with Gasteiger partial charge in [0, 0.05) is 18.3 Å². The lowest BCUT2D eigenvalue weighted by Crippen LogP contribution is -2.25. The molecule has 24 heavy (non-hydrogen) atoms. The first-order valence-corrected chi connectivity index (χ1v) is 8.20. The fraction of sp³-hybridized carbons (Fsp3) is 0.267. The summed E-state index contributed by atoms with van der Waals surface area (Å²) in [6, 6.07) is 1.86. The van der Waals surface area contributed by atoms with Crippen molar-refractivity contribution in [3.8, 4) is 0 Å². The van der Waals surface area contributed by atoms with Gasteiger partial charge in [-0.2, -0.15) is 0 Å². The molecule has 4 aromatic heterocycles. The van der Waals surface area contributed by atoms with E-state index >= 15 is 0 Å². The van der Waals surface area contributed by atoms with Crippen LogP contribution in [0.3, 0.4) is 0 Å². The Morgan fingerprint density at radius 2 is 1.96 bits per heavy atom. The Bertz CT molecular complexity index is 1210. The van der Waals surface area contributed by atoms with Gasteiger partial charge in [0.15, 0.2) is 5.82 Å². The first-order chi connectivity index (χ1) is 11.5. The molecule has 0 aromatic carbocycles. The van der Waals surface area contributed by atoms with Crippen molar-refractivity contribution in [1.82, 2.24) is 28.7 Å². The summed E-state index contributed by atoms with van der Waals surface area (Å²) < 4.78 is 5.42. The highest BCUT2D eigenvalue weighted by Crippen LogP contribution is 2.19. The minimum atomic E-state index is -0.106. The van der Waals surface area contributed by atoms with E-state index in [1.54, 1.807) is 20.9 Å². The Morgan fingerprint density at radius 1 is 1.17 bits per heavy atom. The van der Waals surface area contributed by atoms with E-state index in [1.165, 1.54) is 26.8 Å². The number of aromatic nitrogens is 6. The Kier molecular flexibility index (Phi) is 3.14. The molecule has 0 radical (unpaired) electrons. The van der Waals surface area contributed by atoms with Crippen LogP contribution in [0.2, 0.25) is 0 Å². The normalized spacial score (nSPS) is 11.6. The van der Waals surface area contributed by atoms with Gasteiger partial charge in [-0.3, -0.25) is 23.1 Å². The minimum Gasteiger partial charge on any atom is -0.291 e. The van der Waals surface area contributed by atoms with Crippen molar-refractivity contribution in [1.29, 1.82) is 0 Å². The minimum absolute atomic E-state index is 0.100. The van der Waals surface area contributed by atoms with Gasteiger partial charge >= 0.3 is 0 Å². The van der Waals surface area contributed by atoms with Gasteiger partial charge in [-0.1, -0.05) is 0 Å². The third kappa shape index (κ3) is 1.94. The van der Waals surface area contributed by atoms with Gasteiger partial charge in [-0.25, -0.2) is 4.98 Å². The van der Waals surface area contributed by atoms with E-state index in [0.717, 1.165) is 5.52 Å². The zero-order valence-electron chi connectivity index (χ0n) is 13.3. The summed E-state index contributed by atoms with van der Waals surface area (Å²) in [5.74, 6) is 1.03. The molecule has 4 heterocycles. The van der Waals surface area contributed by atoms with E-state index in [0.29, 0.717) is 27.6 Å². The highest BCUT2D eigenvalue weighted by Gasteiger charge is 2.16. The number of fused-ring (bicyclic) bond motifs is 3. The van der Waals surface area contributed by atoms with Gasteiger partial charge in [0.05, 0.1) is 18.4 Å². The fourth-order valence-electron chi connectivity index (χ4n) is 2.70. The van der Waals surface area contributed by atoms with Crippen LogP contribution in [0.1, 0.15) is 17.1 Å². The Labute approximate surface area is 139 Å². The summed E-state index contributed by atoms with van der Waals surface area (Å²) in [5, 5.41) is 10.2. The van der Waals surface area contributed by atoms with Gasteiger partial charge in [-0.15, -0.1) is 21.5 Å². The topological polar surface area (TPSA) is 87.1 Å². The van der Waals surface area contributed by atoms with Crippen LogP contribution in [0.15, 0.2) is 27.4 Å². The molecule has 0 spiro atoms. The first-order valence-electron chi connectivity index (χ1n) is 7.32. The van der Waals surface area contributed by atoms with Crippen LogP contribution in [0, 0.1) is 13.8 Å². The second-order valence-electron chi connectivity index (χ2n) is 5.64. The van der Waals surface area contributed by atoms with E-state index in [4.69, 9.17) is 0 Å². The summed E-state index contributed by atoms with van der Waals surface area (Å²) in [6.45, 7) is 3.79. The molecule has 4 aromatic rings. The van der Waals surface area contributed by atoms with Crippen molar-refractivity contribution in [3.05, 3.63) is 55.6 Å². The Balaban J connectivity index is 1.98. The maximum atomic E-state index is 12.4. The summed E-state index contributed by atoms with van der Waals surface area (Å²) in [4.78, 5) is 29.0. The van der Waals surface area contributed by atoms with Crippen LogP contribution in [-0.2, 0) is 13.6 Å². The van der Waals surface area contributed by atoms with Gasteiger partial charge in [0.1, 0.15) is 4.70 Å². The first kappa shape index (κ1) is 14.8. The number of thiophene rings is 1. The second-order valence-corrected chi connectivity index (χ2v) is 6.55. The standard InChI is InChI=1S/C15H14N6O2S/c1-8-9(2)16-7-20(13(8)22)6-11-17-18-15-19(3)14(23)12-10(21(11)15)4-5-24-12/h4-5,7H,6H2,1-3H3. The highest BCUT2D eigenvalue weighted by molar-refractivity contribution is 7.17. The van der Waals surface area contributed by atoms with Crippen LogP contribution in [0.25, 0.3) is 16.0 Å². The SMILES string of the molecule is Cc1ncn(Cc2nnc3n(C)c(=O)c4sccc4n23)c(=O)c1C. The molecule has 0 saturated carbocycles. The number of hydrogen-bond acceptors (Lipinski definition) is 6. The van der Waals surface area contributed by atoms with E-state index in [2.05, 4.69) is 15.2 Å². The number of hydrogen-bond donors (Lipinski definition) is 0. The molecular weight excluding hydrogens is 328 g/mol. The quantitative estimate of drug-likeness (QED) is 0.539. The van der Waals surface area contributed by atoms with Crippen LogP contribution in [0.5, 0.6) is 0 Å². The lowest BCUT2D eigenvalue weighted by Gasteiger charge is -2.08. The molecule has 0 bridgehead atoms. The molecule has 4 rings (SSSR count). The van der Waals surface area contributed by atoms with Gasteiger partial charge in [0.2, 0.25) is 5.78 Å². The summed E-state index contributed by atoms with van der Waals surface area (Å²) in [6.07, 6.45) is 1.51. The molecular formula is C15H14N6O2S. The monoisotopic (exact) mass is 342 g/mol. The third-order valence-electron chi connectivity index (χ3n) is 4.22. The number of nitrogens with zero attached hydrogens (tertiary/aromatic N) is 6. The van der Waals surface area contributed by atoms with E-state index in [1.807, 2.05) is 15.8 Å². The Hall–Kier alpha value is -2.81. The molecule has 0 unspecified atom stereocenters. The average Bonchev–Trinajstić information content (AvgIpc) is 3.20. The van der Waals surface area contributed by atoms with Crippen molar-refractivity contribution < 1.29 is 0 Å². The summed E-state index contributed by atoms with van der Waals surface area (Å²) in [7, 11) is 1.67. The zero-order chi connectivity index (χ0) is 17.0. The number of aryl methyl sites for hydroxylation is 2. The largest absolute Gasteiger partial charge is 0.291 e. The van der Waals surface area contributed by atoms with Crippen molar-refractivity contribution in [2.75, 3.05) is 0 Å². The van der Waals surface area contributed by atoms with Crippen molar-refractivity contribution in [2.45, 2.75) is 20.4 Å². The maximum absolute atomic E-state index is 12.4. The molecule has 0 fully saturated rings. The van der Waals surface area contributed by atoms with Gasteiger partial charge in [0.25, 0.3) is 11.1 Å². The lowest BCUT2D eigenvalue weighted by atomic mass is 10.3. The molecule has 0 atom stereocenters. The predicted molar refractivity (Wildman–Crippen MR) is 90.7 cm³/mol. The predicted octanol–water partition coefficient (Wildman–Crippen LogP) is 0.865. The maximum Gasteiger partial charge on any atom is 0.272 e. The molecule has 0 saturated heterocycles. The number of rotatable bonds is 2. The summed E-state index contributed by atoms with van der Waals surface area (Å²) in [5.41, 5.74) is 1.87. The Morgan fingerprint density at radius 3 is 2.75 bits per heavy atom. The fourth-order valence-corrected chi connectivity index (χ4v) is 3.55. The molecule has 0 aliphatic rings. The van der Waals surface area contributed by atoms with Crippen LogP contribution in [0.4, 0.5) is 0 Å². The second kappa shape index (κ2) is 5.10. The van der Waals surface area contributed by atoms with E-state index < -0.39 is 0 Å². The summed E-state index contributed by atoms with van der Waals surface area (Å²) >= 11 is 1.38. The van der Waals surface area contributed by atoms with Gasteiger partial charge in [-0.05, 0) is 25.3 Å². The molecule has 0 amide bonds. The molecule has 0 N–H and O–H groups in total. The van der Waals surface area contributed by atoms with E-state index in [-0.39, 0.29) is 17.7 Å². The smallest absolute Gasteiger partial charge is 0.272 e. The van der Waals surface area contributed by atoms with Crippen molar-refractivity contribution in [2.24, 2.45) is 7.05 Å². The zero-order valence-corrected chi connectivity index (χ0v) is 14.2. The van der Waals surface area contributed by atoms with Crippen LogP contribution < -0.4 is 11.1 Å². The molecule has 0 aliphatic heterocycles. The third-order valence-corrected chi connectivity index (χ3v) is 5.12. The van der Waals surface area contributed by atoms with E-state index in [9.17, 15) is 9.59 Å². The van der Waals surface area contributed by atoms with Crippen molar-refractivity contribution in [3.63, 3.8) is 0 Å². The van der Waals surface area contributed by atoms with Crippen molar-refractivity contribution >= 4 is 27.3 Å². The average molecular weight is 342 g/mol. The van der Waals surface area contributed by atoms with Gasteiger partial charge < -0.3 is 0 Å². The van der Waals surface area contributed by atoms with Crippen LogP contribution >= 0.6 is 11.3 Å². The lowest BCUT2D eigenvalue weighted by molar-refractivity contribution is 0.682. The highest BCUT2D eigenvalue weighted by atomic mass is 32.1.